The fourth-order valence-electron chi connectivity index (χ4n) is 1.08. The van der Waals surface area contributed by atoms with Crippen molar-refractivity contribution < 1.29 is 19.4 Å². The third-order valence-corrected chi connectivity index (χ3v) is 1.74. The second-order valence-electron chi connectivity index (χ2n) is 6.37. The maximum atomic E-state index is 11.2. The van der Waals surface area contributed by atoms with E-state index in [4.69, 9.17) is 9.84 Å². The zero-order valence-electron chi connectivity index (χ0n) is 13.8. The Bertz CT molecular complexity index is 267. The molecule has 0 unspecified atom stereocenters. The lowest BCUT2D eigenvalue weighted by Gasteiger charge is -2.19. The van der Waals surface area contributed by atoms with E-state index >= 15 is 0 Å². The van der Waals surface area contributed by atoms with Crippen LogP contribution in [0.25, 0.3) is 0 Å². The number of hydrogen-bond donors (Lipinski definition) is 2. The van der Waals surface area contributed by atoms with Gasteiger partial charge >= 0.3 is 12.1 Å². The molecule has 5 heteroatoms. The summed E-state index contributed by atoms with van der Waals surface area (Å²) in [6.45, 7) is 12.4. The van der Waals surface area contributed by atoms with Crippen LogP contribution in [0.2, 0.25) is 0 Å². The van der Waals surface area contributed by atoms with Crippen LogP contribution < -0.4 is 5.32 Å². The summed E-state index contributed by atoms with van der Waals surface area (Å²) in [5, 5.41) is 11.0. The highest BCUT2D eigenvalue weighted by Crippen LogP contribution is 2.06. The number of carboxylic acid groups (broad SMARTS) is 1. The van der Waals surface area contributed by atoms with Gasteiger partial charge in [-0.15, -0.1) is 0 Å². The number of alkyl carbamates (subject to hydrolysis) is 1. The van der Waals surface area contributed by atoms with Crippen molar-refractivity contribution in [3.63, 3.8) is 0 Å². The van der Waals surface area contributed by atoms with E-state index in [2.05, 4.69) is 26.1 Å². The lowest BCUT2D eigenvalue weighted by Crippen LogP contribution is -2.32. The molecule has 0 aliphatic carbocycles. The van der Waals surface area contributed by atoms with Gasteiger partial charge in [0.2, 0.25) is 0 Å². The maximum Gasteiger partial charge on any atom is 0.407 e. The van der Waals surface area contributed by atoms with Gasteiger partial charge in [0.05, 0.1) is 0 Å². The third-order valence-electron chi connectivity index (χ3n) is 1.74. The predicted molar refractivity (Wildman–Crippen MR) is 80.9 cm³/mol. The number of unbranched alkanes of at least 4 members (excludes halogenated alkanes) is 2. The van der Waals surface area contributed by atoms with Gasteiger partial charge in [-0.2, -0.15) is 0 Å². The number of carbonyl (C=O) groups is 2. The molecular weight excluding hydrogens is 258 g/mol. The number of amides is 1. The summed E-state index contributed by atoms with van der Waals surface area (Å²) in [4.78, 5) is 21.4. The highest BCUT2D eigenvalue weighted by Gasteiger charge is 2.15. The van der Waals surface area contributed by atoms with E-state index in [1.165, 1.54) is 0 Å². The highest BCUT2D eigenvalue weighted by molar-refractivity contribution is 5.67. The molecule has 5 nitrogen and oxygen atoms in total. The summed E-state index contributed by atoms with van der Waals surface area (Å²) in [6, 6.07) is 0. The van der Waals surface area contributed by atoms with E-state index in [0.29, 0.717) is 13.0 Å². The van der Waals surface area contributed by atoms with E-state index in [0.717, 1.165) is 18.8 Å². The molecular formula is C15H31NO4. The van der Waals surface area contributed by atoms with E-state index < -0.39 is 17.7 Å². The Kier molecular flexibility index (Phi) is 12.2. The van der Waals surface area contributed by atoms with Crippen molar-refractivity contribution >= 4 is 12.1 Å². The van der Waals surface area contributed by atoms with Gasteiger partial charge < -0.3 is 15.2 Å². The van der Waals surface area contributed by atoms with Gasteiger partial charge in [-0.05, 0) is 39.5 Å². The van der Waals surface area contributed by atoms with Crippen molar-refractivity contribution in [3.05, 3.63) is 0 Å². The molecule has 0 saturated carbocycles. The predicted octanol–water partition coefficient (Wildman–Crippen LogP) is 3.82. The van der Waals surface area contributed by atoms with E-state index in [9.17, 15) is 9.59 Å². The molecule has 0 aromatic rings. The summed E-state index contributed by atoms with van der Waals surface area (Å²) in [6.07, 6.45) is 1.97. The molecule has 0 radical (unpaired) electrons. The normalized spacial score (nSPS) is 10.6. The molecule has 0 atom stereocenters. The van der Waals surface area contributed by atoms with Crippen LogP contribution >= 0.6 is 0 Å². The highest BCUT2D eigenvalue weighted by atomic mass is 16.6. The Balaban J connectivity index is 0. The molecule has 0 fully saturated rings. The second kappa shape index (κ2) is 11.6. The Morgan fingerprint density at radius 3 is 2.00 bits per heavy atom. The first-order valence-electron chi connectivity index (χ1n) is 7.23. The van der Waals surface area contributed by atoms with Crippen LogP contribution in [0.3, 0.4) is 0 Å². The van der Waals surface area contributed by atoms with Gasteiger partial charge in [0.1, 0.15) is 5.60 Å². The Hall–Kier alpha value is -1.26. The molecule has 0 rings (SSSR count). The fraction of sp³-hybridized carbons (Fsp3) is 0.867. The summed E-state index contributed by atoms with van der Waals surface area (Å²) in [7, 11) is 0. The summed E-state index contributed by atoms with van der Waals surface area (Å²) in [5.74, 6) is 0.0556. The molecule has 0 bridgehead atoms. The average molecular weight is 289 g/mol. The van der Waals surface area contributed by atoms with Crippen LogP contribution in [-0.4, -0.2) is 29.3 Å². The SMILES string of the molecule is CC(C)(C)OC(=O)NCCCCCC(=O)O.CC(C)C. The first-order valence-corrected chi connectivity index (χ1v) is 7.23. The van der Waals surface area contributed by atoms with Crippen molar-refractivity contribution in [3.8, 4) is 0 Å². The van der Waals surface area contributed by atoms with Gasteiger partial charge in [-0.3, -0.25) is 4.79 Å². The molecule has 0 heterocycles. The van der Waals surface area contributed by atoms with E-state index in [1.807, 2.05) is 0 Å². The lowest BCUT2D eigenvalue weighted by atomic mass is 10.2. The molecule has 0 spiro atoms. The molecule has 0 saturated heterocycles. The van der Waals surface area contributed by atoms with Gasteiger partial charge in [0, 0.05) is 13.0 Å². The molecule has 1 amide bonds. The number of nitrogens with one attached hydrogen (secondary N) is 1. The minimum atomic E-state index is -0.778. The number of carbonyl (C=O) groups excluding carboxylic acids is 1. The van der Waals surface area contributed by atoms with Crippen LogP contribution in [0.1, 0.15) is 67.2 Å². The molecule has 20 heavy (non-hydrogen) atoms. The number of carboxylic acids is 1. The van der Waals surface area contributed by atoms with E-state index in [1.54, 1.807) is 20.8 Å². The zero-order valence-corrected chi connectivity index (χ0v) is 13.8. The van der Waals surface area contributed by atoms with Crippen LogP contribution in [0.4, 0.5) is 4.79 Å². The smallest absolute Gasteiger partial charge is 0.407 e. The molecule has 0 aromatic heterocycles. The van der Waals surface area contributed by atoms with Crippen LogP contribution in [0.5, 0.6) is 0 Å². The largest absolute Gasteiger partial charge is 0.481 e. The van der Waals surface area contributed by atoms with Gasteiger partial charge in [0.25, 0.3) is 0 Å². The van der Waals surface area contributed by atoms with Gasteiger partial charge in [-0.1, -0.05) is 27.2 Å². The zero-order chi connectivity index (χ0) is 16.2. The minimum absolute atomic E-state index is 0.187. The number of hydrogen-bond acceptors (Lipinski definition) is 3. The quantitative estimate of drug-likeness (QED) is 0.729. The number of aliphatic carboxylic acids is 1. The number of ether oxygens (including phenoxy) is 1. The summed E-state index contributed by atoms with van der Waals surface area (Å²) < 4.78 is 5.04. The summed E-state index contributed by atoms with van der Waals surface area (Å²) in [5.41, 5.74) is -0.479. The van der Waals surface area contributed by atoms with Crippen molar-refractivity contribution in [2.75, 3.05) is 6.54 Å². The summed E-state index contributed by atoms with van der Waals surface area (Å²) >= 11 is 0. The molecule has 0 aliphatic heterocycles. The molecule has 2 N–H and O–H groups in total. The molecule has 120 valence electrons. The number of rotatable bonds is 6. The Labute approximate surface area is 123 Å². The Morgan fingerprint density at radius 1 is 1.10 bits per heavy atom. The average Bonchev–Trinajstić information content (AvgIpc) is 2.19. The maximum absolute atomic E-state index is 11.2. The Morgan fingerprint density at radius 2 is 1.60 bits per heavy atom. The van der Waals surface area contributed by atoms with Crippen molar-refractivity contribution in [2.24, 2.45) is 5.92 Å². The van der Waals surface area contributed by atoms with Crippen molar-refractivity contribution in [1.82, 2.24) is 5.32 Å². The van der Waals surface area contributed by atoms with Crippen LogP contribution in [0, 0.1) is 5.92 Å². The second-order valence-corrected chi connectivity index (χ2v) is 6.37. The van der Waals surface area contributed by atoms with E-state index in [-0.39, 0.29) is 6.42 Å². The topological polar surface area (TPSA) is 75.6 Å². The third kappa shape index (κ3) is 25.6. The van der Waals surface area contributed by atoms with Gasteiger partial charge in [-0.25, -0.2) is 4.79 Å². The standard InChI is InChI=1S/C11H21NO4.C4H10/c1-11(2,3)16-10(15)12-8-6-4-5-7-9(13)14;1-4(2)3/h4-8H2,1-3H3,(H,12,15)(H,13,14);4H,1-3H3. The van der Waals surface area contributed by atoms with Crippen LogP contribution in [-0.2, 0) is 9.53 Å². The molecule has 0 aromatic carbocycles. The van der Waals surface area contributed by atoms with Crippen molar-refractivity contribution in [1.29, 1.82) is 0 Å². The lowest BCUT2D eigenvalue weighted by molar-refractivity contribution is -0.137. The van der Waals surface area contributed by atoms with Crippen LogP contribution in [0.15, 0.2) is 0 Å². The van der Waals surface area contributed by atoms with Crippen molar-refractivity contribution in [2.45, 2.75) is 72.8 Å². The fourth-order valence-corrected chi connectivity index (χ4v) is 1.08. The first kappa shape index (κ1) is 21.0. The first-order chi connectivity index (χ1) is 9.04. The monoisotopic (exact) mass is 289 g/mol. The minimum Gasteiger partial charge on any atom is -0.481 e. The molecule has 0 aliphatic rings. The van der Waals surface area contributed by atoms with Gasteiger partial charge in [0.15, 0.2) is 0 Å².